The molecule has 1 atom stereocenters. The predicted octanol–water partition coefficient (Wildman–Crippen LogP) is 13.8. The number of aliphatic imine (C=N–C) groups is 1. The SMILES string of the molecule is C/C=C(/N=C1C(=C(C)C)Oc2ccc(C)cc21)c1ccc(C(C)(F)F)cc1.C1CC1.CC.CCCCCC/C=C(/C)C(C)C.NS(=O)(=O)C1CC1.O=CC(=O)C1CCCN1C(=O)NC(=O)C=C1CCCC1. The number of primary sulfonamides is 1. The highest BCUT2D eigenvalue weighted by Gasteiger charge is 2.35. The zero-order chi connectivity index (χ0) is 53.3. The molecule has 3 saturated carbocycles. The Morgan fingerprint density at radius 1 is 0.930 bits per heavy atom. The van der Waals surface area contributed by atoms with Crippen molar-refractivity contribution in [1.29, 1.82) is 0 Å². The quantitative estimate of drug-likeness (QED) is 0.0662. The van der Waals surface area contributed by atoms with Crippen molar-refractivity contribution in [1.82, 2.24) is 10.2 Å². The van der Waals surface area contributed by atoms with Crippen LogP contribution >= 0.6 is 0 Å². The summed E-state index contributed by atoms with van der Waals surface area (Å²) in [6, 6.07) is 10.9. The number of carbonyl (C=O) groups excluding carboxylic acids is 4. The Kier molecular flexibility index (Phi) is 27.4. The molecule has 2 aromatic carbocycles. The van der Waals surface area contributed by atoms with Crippen molar-refractivity contribution in [2.75, 3.05) is 6.54 Å². The number of aryl methyl sites for hydroxylation is 1. The van der Waals surface area contributed by atoms with Gasteiger partial charge in [0.2, 0.25) is 15.8 Å². The molecule has 71 heavy (non-hydrogen) atoms. The van der Waals surface area contributed by atoms with Gasteiger partial charge in [-0.25, -0.2) is 32.1 Å². The summed E-state index contributed by atoms with van der Waals surface area (Å²) in [7, 11) is -3.13. The van der Waals surface area contributed by atoms with Gasteiger partial charge in [-0.05, 0) is 128 Å². The summed E-state index contributed by atoms with van der Waals surface area (Å²) in [5.41, 5.74) is 7.96. The van der Waals surface area contributed by atoms with E-state index in [4.69, 9.17) is 14.9 Å². The van der Waals surface area contributed by atoms with E-state index in [1.807, 2.05) is 59.8 Å². The van der Waals surface area contributed by atoms with Gasteiger partial charge >= 0.3 is 6.03 Å². The number of imide groups is 1. The second-order valence-electron chi connectivity index (χ2n) is 19.0. The van der Waals surface area contributed by atoms with Crippen molar-refractivity contribution < 1.29 is 41.1 Å². The van der Waals surface area contributed by atoms with Gasteiger partial charge in [0.15, 0.2) is 12.0 Å². The minimum Gasteiger partial charge on any atom is -0.454 e. The third kappa shape index (κ3) is 22.9. The van der Waals surface area contributed by atoms with E-state index in [1.54, 1.807) is 17.7 Å². The topological polar surface area (TPSA) is 165 Å². The number of nitrogens with one attached hydrogen (secondary N) is 1. The van der Waals surface area contributed by atoms with E-state index >= 15 is 0 Å². The van der Waals surface area contributed by atoms with Crippen molar-refractivity contribution in [2.45, 2.75) is 196 Å². The number of benzene rings is 2. The maximum Gasteiger partial charge on any atom is 0.324 e. The fourth-order valence-corrected chi connectivity index (χ4v) is 8.08. The van der Waals surface area contributed by atoms with Gasteiger partial charge in [-0.15, -0.1) is 0 Å². The minimum absolute atomic E-state index is 0.00971. The van der Waals surface area contributed by atoms with Gasteiger partial charge in [0.25, 0.3) is 11.8 Å². The van der Waals surface area contributed by atoms with Crippen LogP contribution in [0.4, 0.5) is 13.6 Å². The standard InChI is InChI=1S/C23H23F2NO.C14H18N2O4.C12H24.C3H7NO2S.C3H6.C2H6/c1-6-19(16-8-10-17(11-9-16)23(5,24)25)26-21-18-13-15(4)7-12-20(18)27-22(21)14(2)3;17-9-12(18)11-6-3-7-16(11)14(20)15-13(19)8-10-4-1-2-5-10;1-5-6-7-8-9-10-12(4)11(2)3;4-7(5,6)3-1-2-3;1-2-3-1;1-2/h6-13H,1-5H3;8-9,11H,1-7H2,(H,15,19,20);10-11H,5-9H2,1-4H3;3H,1-2H2,(H2,4,5,6);1-3H2;1-2H3/b19-6+,26-21?;;12-10-;;;. The third-order valence-corrected chi connectivity index (χ3v) is 13.4. The zero-order valence-corrected chi connectivity index (χ0v) is 45.4. The number of urea groups is 1. The molecule has 3 aliphatic carbocycles. The fourth-order valence-electron chi connectivity index (χ4n) is 7.29. The summed E-state index contributed by atoms with van der Waals surface area (Å²) < 4.78 is 53.3. The second kappa shape index (κ2) is 31.4. The molecule has 3 amide bonds. The summed E-state index contributed by atoms with van der Waals surface area (Å²) >= 11 is 0. The Hall–Kier alpha value is -5.08. The first-order valence-corrected chi connectivity index (χ1v) is 27.4. The normalized spacial score (nSPS) is 17.5. The van der Waals surface area contributed by atoms with Crippen LogP contribution in [0.2, 0.25) is 0 Å². The molecule has 1 saturated heterocycles. The lowest BCUT2D eigenvalue weighted by atomic mass is 10.0. The molecule has 14 heteroatoms. The average molecular weight is 1010 g/mol. The molecule has 0 spiro atoms. The summed E-state index contributed by atoms with van der Waals surface area (Å²) in [5.74, 6) is -1.66. The number of hydrogen-bond donors (Lipinski definition) is 2. The van der Waals surface area contributed by atoms with E-state index < -0.39 is 39.7 Å². The van der Waals surface area contributed by atoms with Crippen LogP contribution in [0.15, 0.2) is 88.2 Å². The number of aldehydes is 1. The summed E-state index contributed by atoms with van der Waals surface area (Å²) in [6.45, 7) is 22.2. The summed E-state index contributed by atoms with van der Waals surface area (Å²) in [4.78, 5) is 51.7. The van der Waals surface area contributed by atoms with Crippen molar-refractivity contribution in [3.8, 4) is 5.75 Å². The lowest BCUT2D eigenvalue weighted by molar-refractivity contribution is -0.132. The van der Waals surface area contributed by atoms with E-state index in [9.17, 15) is 36.4 Å². The Morgan fingerprint density at radius 3 is 2.03 bits per heavy atom. The molecule has 0 aromatic heterocycles. The first-order chi connectivity index (χ1) is 33.6. The molecule has 4 fully saturated rings. The molecule has 2 aromatic rings. The Balaban J connectivity index is 0.000000342. The number of sulfonamides is 1. The van der Waals surface area contributed by atoms with Crippen molar-refractivity contribution >= 4 is 45.4 Å². The van der Waals surface area contributed by atoms with Gasteiger partial charge in [0.1, 0.15) is 11.5 Å². The highest BCUT2D eigenvalue weighted by Crippen LogP contribution is 2.36. The van der Waals surface area contributed by atoms with Crippen LogP contribution < -0.4 is 15.2 Å². The number of nitrogens with zero attached hydrogens (tertiary/aromatic N) is 2. The van der Waals surface area contributed by atoms with Crippen molar-refractivity contribution in [3.63, 3.8) is 0 Å². The predicted molar refractivity (Wildman–Crippen MR) is 286 cm³/mol. The van der Waals surface area contributed by atoms with Crippen molar-refractivity contribution in [2.24, 2.45) is 16.0 Å². The largest absolute Gasteiger partial charge is 0.454 e. The number of halogens is 2. The van der Waals surface area contributed by atoms with Gasteiger partial charge in [-0.1, -0.05) is 132 Å². The number of ketones is 1. The number of amides is 3. The number of Topliss-reactive ketones (excluding diaryl/α,β-unsaturated/α-hetero) is 1. The number of nitrogens with two attached hydrogens (primary N) is 1. The molecular formula is C57H84F2N4O7S. The third-order valence-electron chi connectivity index (χ3n) is 12.0. The fraction of sp³-hybridized carbons (Fsp3) is 0.561. The first-order valence-electron chi connectivity index (χ1n) is 25.8. The van der Waals surface area contributed by atoms with E-state index in [0.717, 1.165) is 96.4 Å². The van der Waals surface area contributed by atoms with E-state index in [-0.39, 0.29) is 17.1 Å². The molecular weight excluding hydrogens is 923 g/mol. The van der Waals surface area contributed by atoms with Gasteiger partial charge in [-0.3, -0.25) is 19.7 Å². The number of alkyl halides is 2. The smallest absolute Gasteiger partial charge is 0.324 e. The minimum atomic E-state index is -3.13. The van der Waals surface area contributed by atoms with Crippen LogP contribution in [-0.2, 0) is 30.3 Å². The van der Waals surface area contributed by atoms with Crippen LogP contribution in [0.1, 0.15) is 194 Å². The maximum atomic E-state index is 13.5. The number of allylic oxidation sites excluding steroid dienone is 6. The monoisotopic (exact) mass is 1010 g/mol. The van der Waals surface area contributed by atoms with Gasteiger partial charge in [0, 0.05) is 30.7 Å². The molecule has 2 aliphatic heterocycles. The lowest BCUT2D eigenvalue weighted by Crippen LogP contribution is -2.47. The number of hydrogen-bond acceptors (Lipinski definition) is 8. The van der Waals surface area contributed by atoms with Crippen LogP contribution in [0.3, 0.4) is 0 Å². The molecule has 1 unspecified atom stereocenters. The van der Waals surface area contributed by atoms with Crippen molar-refractivity contribution in [3.05, 3.63) is 105 Å². The number of unbranched alkanes of at least 4 members (excludes halogenated alkanes) is 4. The lowest BCUT2D eigenvalue weighted by Gasteiger charge is -2.21. The molecule has 0 radical (unpaired) electrons. The van der Waals surface area contributed by atoms with Crippen LogP contribution in [0, 0.1) is 12.8 Å². The highest BCUT2D eigenvalue weighted by molar-refractivity contribution is 7.90. The first kappa shape index (κ1) is 62.0. The number of likely N-dealkylation sites (tertiary alicyclic amines) is 1. The highest BCUT2D eigenvalue weighted by atomic mass is 32.2. The zero-order valence-electron chi connectivity index (χ0n) is 44.6. The Bertz CT molecular complexity index is 2310. The van der Waals surface area contributed by atoms with Crippen LogP contribution in [0.25, 0.3) is 5.70 Å². The van der Waals surface area contributed by atoms with E-state index in [1.165, 1.54) is 74.5 Å². The summed E-state index contributed by atoms with van der Waals surface area (Å²) in [6.07, 6.45) is 23.9. The molecule has 7 rings (SSSR count). The van der Waals surface area contributed by atoms with Gasteiger partial charge in [0.05, 0.1) is 17.0 Å². The summed E-state index contributed by atoms with van der Waals surface area (Å²) in [5, 5.41) is 6.77. The van der Waals surface area contributed by atoms with Crippen LogP contribution in [-0.4, -0.2) is 60.9 Å². The van der Waals surface area contributed by atoms with Gasteiger partial charge < -0.3 is 9.64 Å². The molecule has 11 nitrogen and oxygen atoms in total. The number of carbonyl (C=O) groups is 4. The van der Waals surface area contributed by atoms with Gasteiger partial charge in [-0.2, -0.15) is 0 Å². The molecule has 5 aliphatic rings. The van der Waals surface area contributed by atoms with Crippen LogP contribution in [0.5, 0.6) is 5.75 Å². The molecule has 394 valence electrons. The average Bonchev–Trinajstić information content (AvgIpc) is 4.27. The number of fused-ring (bicyclic) bond motifs is 1. The number of rotatable bonds is 13. The molecule has 3 N–H and O–H groups in total. The molecule has 2 heterocycles. The Morgan fingerprint density at radius 2 is 1.55 bits per heavy atom. The Labute approximate surface area is 425 Å². The maximum absolute atomic E-state index is 13.5. The van der Waals surface area contributed by atoms with E-state index in [0.29, 0.717) is 25.1 Å². The van der Waals surface area contributed by atoms with E-state index in [2.05, 4.69) is 45.2 Å². The molecule has 0 bridgehead atoms. The second-order valence-corrected chi connectivity index (χ2v) is 20.9. The number of ether oxygens (including phenoxy) is 1.